The van der Waals surface area contributed by atoms with Crippen LogP contribution in [-0.2, 0) is 0 Å². The number of rotatable bonds is 5. The highest BCUT2D eigenvalue weighted by atomic mass is 16.1. The highest BCUT2D eigenvalue weighted by Gasteiger charge is 2.17. The van der Waals surface area contributed by atoms with E-state index in [9.17, 15) is 4.79 Å². The summed E-state index contributed by atoms with van der Waals surface area (Å²) in [7, 11) is 0. The molecule has 1 saturated carbocycles. The van der Waals surface area contributed by atoms with E-state index in [1.54, 1.807) is 6.20 Å². The quantitative estimate of drug-likeness (QED) is 0.563. The molecule has 4 N–H and O–H groups in total. The van der Waals surface area contributed by atoms with Gasteiger partial charge in [-0.2, -0.15) is 0 Å². The third kappa shape index (κ3) is 4.37. The maximum Gasteiger partial charge on any atom is 0.251 e. The fourth-order valence-electron chi connectivity index (χ4n) is 3.67. The van der Waals surface area contributed by atoms with Gasteiger partial charge in [-0.3, -0.25) is 4.79 Å². The van der Waals surface area contributed by atoms with Crippen LogP contribution in [0.15, 0.2) is 54.7 Å². The molecule has 148 valence electrons. The number of anilines is 3. The van der Waals surface area contributed by atoms with E-state index in [1.165, 1.54) is 12.8 Å². The number of nitrogens with zero attached hydrogens (tertiary/aromatic N) is 2. The van der Waals surface area contributed by atoms with Gasteiger partial charge in [0, 0.05) is 34.7 Å². The Morgan fingerprint density at radius 2 is 1.83 bits per heavy atom. The summed E-state index contributed by atoms with van der Waals surface area (Å²) >= 11 is 0. The molecule has 1 amide bonds. The molecule has 6 nitrogen and oxygen atoms in total. The molecular weight excluding hydrogens is 362 g/mol. The lowest BCUT2D eigenvalue weighted by Crippen LogP contribution is -2.32. The van der Waals surface area contributed by atoms with Crippen molar-refractivity contribution in [3.8, 4) is 11.3 Å². The van der Waals surface area contributed by atoms with Gasteiger partial charge in [0.05, 0.1) is 5.69 Å². The fraction of sp³-hybridized carbons (Fsp3) is 0.261. The number of amides is 1. The highest BCUT2D eigenvalue weighted by Crippen LogP contribution is 2.26. The minimum absolute atomic E-state index is 0.0150. The second kappa shape index (κ2) is 8.31. The van der Waals surface area contributed by atoms with E-state index >= 15 is 0 Å². The Morgan fingerprint density at radius 1 is 1.07 bits per heavy atom. The summed E-state index contributed by atoms with van der Waals surface area (Å²) in [5, 5.41) is 6.31. The van der Waals surface area contributed by atoms with Crippen molar-refractivity contribution in [2.75, 3.05) is 11.1 Å². The Labute approximate surface area is 170 Å². The summed E-state index contributed by atoms with van der Waals surface area (Å²) in [5.74, 6) is 0.478. The van der Waals surface area contributed by atoms with E-state index in [0.717, 1.165) is 41.0 Å². The molecule has 0 radical (unpaired) electrons. The smallest absolute Gasteiger partial charge is 0.251 e. The molecule has 0 atom stereocenters. The van der Waals surface area contributed by atoms with Gasteiger partial charge in [0.15, 0.2) is 0 Å². The maximum atomic E-state index is 12.4. The minimum Gasteiger partial charge on any atom is -0.398 e. The third-order valence-corrected chi connectivity index (χ3v) is 5.40. The lowest BCUT2D eigenvalue weighted by Gasteiger charge is -2.12. The van der Waals surface area contributed by atoms with Crippen LogP contribution in [0.2, 0.25) is 0 Å². The van der Waals surface area contributed by atoms with Gasteiger partial charge in [0.25, 0.3) is 5.91 Å². The summed E-state index contributed by atoms with van der Waals surface area (Å²) in [6.07, 6.45) is 6.26. The fourth-order valence-corrected chi connectivity index (χ4v) is 3.67. The first kappa shape index (κ1) is 18.9. The minimum atomic E-state index is -0.0150. The third-order valence-electron chi connectivity index (χ3n) is 5.40. The predicted molar refractivity (Wildman–Crippen MR) is 116 cm³/mol. The monoisotopic (exact) mass is 387 g/mol. The van der Waals surface area contributed by atoms with Gasteiger partial charge in [-0.05, 0) is 61.7 Å². The number of carbonyl (C=O) groups excluding carboxylic acids is 1. The SMILES string of the molecule is Cc1c(N)cccc1-c1ccnc(Nc2ccc(C(=O)NC3CCCC3)cc2)n1. The van der Waals surface area contributed by atoms with Gasteiger partial charge >= 0.3 is 0 Å². The molecule has 3 aromatic rings. The lowest BCUT2D eigenvalue weighted by molar-refractivity contribution is 0.0938. The summed E-state index contributed by atoms with van der Waals surface area (Å²) in [4.78, 5) is 21.3. The van der Waals surface area contributed by atoms with Crippen molar-refractivity contribution in [2.45, 2.75) is 38.6 Å². The molecule has 1 aliphatic carbocycles. The molecule has 1 aromatic heterocycles. The summed E-state index contributed by atoms with van der Waals surface area (Å²) < 4.78 is 0. The topological polar surface area (TPSA) is 92.9 Å². The van der Waals surface area contributed by atoms with Crippen molar-refractivity contribution < 1.29 is 4.79 Å². The van der Waals surface area contributed by atoms with Gasteiger partial charge in [0.1, 0.15) is 0 Å². The first-order valence-corrected chi connectivity index (χ1v) is 9.96. The van der Waals surface area contributed by atoms with Crippen molar-refractivity contribution in [3.05, 3.63) is 65.9 Å². The molecule has 0 unspecified atom stereocenters. The molecule has 0 spiro atoms. The van der Waals surface area contributed by atoms with Crippen molar-refractivity contribution in [2.24, 2.45) is 0 Å². The Kier molecular flexibility index (Phi) is 5.42. The van der Waals surface area contributed by atoms with Crippen molar-refractivity contribution >= 4 is 23.2 Å². The molecule has 1 fully saturated rings. The molecule has 1 aliphatic rings. The van der Waals surface area contributed by atoms with Crippen LogP contribution in [-0.4, -0.2) is 21.9 Å². The van der Waals surface area contributed by atoms with Crippen molar-refractivity contribution in [3.63, 3.8) is 0 Å². The van der Waals surface area contributed by atoms with E-state index in [0.29, 0.717) is 17.6 Å². The van der Waals surface area contributed by atoms with Crippen LogP contribution in [0.1, 0.15) is 41.6 Å². The van der Waals surface area contributed by atoms with Crippen LogP contribution in [0.5, 0.6) is 0 Å². The molecule has 2 aromatic carbocycles. The zero-order valence-electron chi connectivity index (χ0n) is 16.5. The zero-order valence-corrected chi connectivity index (χ0v) is 16.5. The van der Waals surface area contributed by atoms with Gasteiger partial charge in [-0.25, -0.2) is 9.97 Å². The van der Waals surface area contributed by atoms with Crippen molar-refractivity contribution in [1.82, 2.24) is 15.3 Å². The second-order valence-electron chi connectivity index (χ2n) is 7.44. The number of hydrogen-bond donors (Lipinski definition) is 3. The Balaban J connectivity index is 1.47. The number of nitrogens with two attached hydrogens (primary N) is 1. The largest absolute Gasteiger partial charge is 0.398 e. The van der Waals surface area contributed by atoms with E-state index < -0.39 is 0 Å². The van der Waals surface area contributed by atoms with Crippen molar-refractivity contribution in [1.29, 1.82) is 0 Å². The molecular formula is C23H25N5O. The van der Waals surface area contributed by atoms with Crippen LogP contribution in [0.25, 0.3) is 11.3 Å². The molecule has 0 aliphatic heterocycles. The van der Waals surface area contributed by atoms with E-state index in [2.05, 4.69) is 20.6 Å². The molecule has 0 bridgehead atoms. The first-order chi connectivity index (χ1) is 14.1. The van der Waals surface area contributed by atoms with Crippen LogP contribution in [0, 0.1) is 6.92 Å². The van der Waals surface area contributed by atoms with E-state index in [4.69, 9.17) is 5.73 Å². The molecule has 6 heteroatoms. The zero-order chi connectivity index (χ0) is 20.2. The molecule has 29 heavy (non-hydrogen) atoms. The van der Waals surface area contributed by atoms with Crippen LogP contribution in [0.3, 0.4) is 0 Å². The Morgan fingerprint density at radius 3 is 2.59 bits per heavy atom. The predicted octanol–water partition coefficient (Wildman–Crippen LogP) is 4.45. The number of nitrogens with one attached hydrogen (secondary N) is 2. The average molecular weight is 387 g/mol. The Hall–Kier alpha value is -3.41. The molecule has 1 heterocycles. The summed E-state index contributed by atoms with van der Waals surface area (Å²) in [5.41, 5.74) is 11.0. The van der Waals surface area contributed by atoms with Gasteiger partial charge < -0.3 is 16.4 Å². The number of aromatic nitrogens is 2. The normalized spacial score (nSPS) is 14.0. The van der Waals surface area contributed by atoms with Crippen LogP contribution < -0.4 is 16.4 Å². The lowest BCUT2D eigenvalue weighted by atomic mass is 10.0. The van der Waals surface area contributed by atoms with Crippen LogP contribution >= 0.6 is 0 Å². The summed E-state index contributed by atoms with van der Waals surface area (Å²) in [6.45, 7) is 1.98. The maximum absolute atomic E-state index is 12.4. The number of hydrogen-bond acceptors (Lipinski definition) is 5. The standard InChI is InChI=1S/C23H25N5O/c1-15-19(7-4-8-20(15)24)21-13-14-25-23(28-21)27-18-11-9-16(10-12-18)22(29)26-17-5-2-3-6-17/h4,7-14,17H,2-3,5-6,24H2,1H3,(H,26,29)(H,25,27,28). The van der Waals surface area contributed by atoms with Crippen LogP contribution in [0.4, 0.5) is 17.3 Å². The highest BCUT2D eigenvalue weighted by molar-refractivity contribution is 5.94. The Bertz CT molecular complexity index is 1010. The number of carbonyl (C=O) groups is 1. The molecule has 0 saturated heterocycles. The number of nitrogen functional groups attached to an aromatic ring is 1. The van der Waals surface area contributed by atoms with E-state index in [-0.39, 0.29) is 5.91 Å². The summed E-state index contributed by atoms with van der Waals surface area (Å²) in [6, 6.07) is 15.3. The first-order valence-electron chi connectivity index (χ1n) is 9.96. The second-order valence-corrected chi connectivity index (χ2v) is 7.44. The van der Waals surface area contributed by atoms with Gasteiger partial charge in [0.2, 0.25) is 5.95 Å². The van der Waals surface area contributed by atoms with E-state index in [1.807, 2.05) is 55.5 Å². The molecule has 4 rings (SSSR count). The average Bonchev–Trinajstić information content (AvgIpc) is 3.24. The number of benzene rings is 2. The van der Waals surface area contributed by atoms with Gasteiger partial charge in [-0.15, -0.1) is 0 Å². The van der Waals surface area contributed by atoms with Gasteiger partial charge in [-0.1, -0.05) is 25.0 Å².